The first-order valence-corrected chi connectivity index (χ1v) is 11.7. The molecule has 162 valence electrons. The maximum absolute atomic E-state index is 15.0. The summed E-state index contributed by atoms with van der Waals surface area (Å²) in [6.07, 6.45) is 8.20. The molecule has 2 aliphatic rings. The maximum Gasteiger partial charge on any atom is 0.162 e. The Morgan fingerprint density at radius 1 is 0.700 bits per heavy atom. The lowest BCUT2D eigenvalue weighted by molar-refractivity contribution is 0.337. The van der Waals surface area contributed by atoms with E-state index in [4.69, 9.17) is 0 Å². The van der Waals surface area contributed by atoms with Crippen molar-refractivity contribution in [3.8, 4) is 0 Å². The molecular formula is C27H33F3. The van der Waals surface area contributed by atoms with Crippen molar-refractivity contribution in [1.82, 2.24) is 0 Å². The molecule has 0 aromatic heterocycles. The highest BCUT2D eigenvalue weighted by atomic mass is 19.2. The van der Waals surface area contributed by atoms with Crippen LogP contribution >= 0.6 is 0 Å². The third-order valence-corrected chi connectivity index (χ3v) is 7.69. The van der Waals surface area contributed by atoms with Crippen molar-refractivity contribution in [2.45, 2.75) is 89.4 Å². The van der Waals surface area contributed by atoms with E-state index < -0.39 is 11.6 Å². The summed E-state index contributed by atoms with van der Waals surface area (Å²) in [6, 6.07) is 9.28. The SMILES string of the molecule is CCc1ccc(C2CCC(c3ccc(C4CCC(C)CC4)c(F)c3F)CC2)cc1F. The van der Waals surface area contributed by atoms with Crippen LogP contribution in [0.1, 0.15) is 105 Å². The zero-order valence-corrected chi connectivity index (χ0v) is 18.2. The van der Waals surface area contributed by atoms with Crippen LogP contribution in [0.5, 0.6) is 0 Å². The summed E-state index contributed by atoms with van der Waals surface area (Å²) in [5.41, 5.74) is 2.89. The van der Waals surface area contributed by atoms with Crippen molar-refractivity contribution in [1.29, 1.82) is 0 Å². The number of hydrogen-bond acceptors (Lipinski definition) is 0. The smallest absolute Gasteiger partial charge is 0.162 e. The topological polar surface area (TPSA) is 0 Å². The predicted octanol–water partition coefficient (Wildman–Crippen LogP) is 8.40. The lowest BCUT2D eigenvalue weighted by Crippen LogP contribution is -2.16. The van der Waals surface area contributed by atoms with Gasteiger partial charge >= 0.3 is 0 Å². The van der Waals surface area contributed by atoms with E-state index in [1.54, 1.807) is 6.07 Å². The molecule has 2 saturated carbocycles. The van der Waals surface area contributed by atoms with Crippen LogP contribution in [-0.4, -0.2) is 0 Å². The fraction of sp³-hybridized carbons (Fsp3) is 0.556. The van der Waals surface area contributed by atoms with Crippen LogP contribution in [0.4, 0.5) is 13.2 Å². The van der Waals surface area contributed by atoms with Crippen LogP contribution in [0.2, 0.25) is 0 Å². The number of aryl methyl sites for hydroxylation is 1. The van der Waals surface area contributed by atoms with E-state index in [-0.39, 0.29) is 17.7 Å². The molecule has 0 spiro atoms. The van der Waals surface area contributed by atoms with Gasteiger partial charge in [-0.2, -0.15) is 0 Å². The molecule has 2 aromatic carbocycles. The zero-order valence-electron chi connectivity index (χ0n) is 18.2. The molecule has 0 radical (unpaired) electrons. The van der Waals surface area contributed by atoms with E-state index in [9.17, 15) is 8.78 Å². The van der Waals surface area contributed by atoms with Gasteiger partial charge in [-0.05, 0) is 96.9 Å². The Morgan fingerprint density at radius 2 is 1.20 bits per heavy atom. The number of rotatable bonds is 4. The summed E-state index contributed by atoms with van der Waals surface area (Å²) >= 11 is 0. The van der Waals surface area contributed by atoms with Crippen molar-refractivity contribution < 1.29 is 13.2 Å². The maximum atomic E-state index is 15.0. The van der Waals surface area contributed by atoms with Gasteiger partial charge in [0.05, 0.1) is 0 Å². The van der Waals surface area contributed by atoms with Gasteiger partial charge in [-0.25, -0.2) is 13.2 Å². The van der Waals surface area contributed by atoms with Crippen LogP contribution < -0.4 is 0 Å². The molecule has 0 N–H and O–H groups in total. The van der Waals surface area contributed by atoms with Gasteiger partial charge in [0.25, 0.3) is 0 Å². The Labute approximate surface area is 178 Å². The van der Waals surface area contributed by atoms with Crippen molar-refractivity contribution in [3.05, 3.63) is 70.0 Å². The van der Waals surface area contributed by atoms with E-state index in [0.717, 1.165) is 62.5 Å². The van der Waals surface area contributed by atoms with Gasteiger partial charge in [0, 0.05) is 0 Å². The highest BCUT2D eigenvalue weighted by Gasteiger charge is 2.29. The Morgan fingerprint density at radius 3 is 1.70 bits per heavy atom. The van der Waals surface area contributed by atoms with Gasteiger partial charge in [-0.1, -0.05) is 51.0 Å². The van der Waals surface area contributed by atoms with Crippen LogP contribution in [0.25, 0.3) is 0 Å². The minimum Gasteiger partial charge on any atom is -0.207 e. The summed E-state index contributed by atoms with van der Waals surface area (Å²) in [4.78, 5) is 0. The second kappa shape index (κ2) is 9.16. The summed E-state index contributed by atoms with van der Waals surface area (Å²) in [7, 11) is 0. The van der Waals surface area contributed by atoms with E-state index >= 15 is 4.39 Å². The van der Waals surface area contributed by atoms with E-state index in [2.05, 4.69) is 6.92 Å². The third-order valence-electron chi connectivity index (χ3n) is 7.69. The monoisotopic (exact) mass is 414 g/mol. The molecule has 2 fully saturated rings. The molecule has 0 atom stereocenters. The summed E-state index contributed by atoms with van der Waals surface area (Å²) in [6.45, 7) is 4.19. The number of halogens is 3. The number of hydrogen-bond donors (Lipinski definition) is 0. The van der Waals surface area contributed by atoms with Gasteiger partial charge in [-0.15, -0.1) is 0 Å². The molecule has 0 bridgehead atoms. The Balaban J connectivity index is 1.44. The van der Waals surface area contributed by atoms with Gasteiger partial charge < -0.3 is 0 Å². The van der Waals surface area contributed by atoms with Gasteiger partial charge in [0.2, 0.25) is 0 Å². The standard InChI is InChI=1S/C27H33F3/c1-3-18-8-13-22(16-25(18)28)19-9-11-21(12-10-19)24-15-14-23(26(29)27(24)30)20-6-4-17(2)5-7-20/h8,13-17,19-21H,3-7,9-12H2,1-2H3. The molecule has 2 aromatic rings. The second-order valence-electron chi connectivity index (χ2n) is 9.58. The first-order valence-electron chi connectivity index (χ1n) is 11.7. The van der Waals surface area contributed by atoms with E-state index in [1.165, 1.54) is 0 Å². The highest BCUT2D eigenvalue weighted by Crippen LogP contribution is 2.43. The van der Waals surface area contributed by atoms with E-state index in [0.29, 0.717) is 29.4 Å². The molecule has 0 amide bonds. The largest absolute Gasteiger partial charge is 0.207 e. The molecule has 0 nitrogen and oxygen atoms in total. The van der Waals surface area contributed by atoms with Crippen molar-refractivity contribution >= 4 is 0 Å². The van der Waals surface area contributed by atoms with Crippen LogP contribution in [0.3, 0.4) is 0 Å². The minimum atomic E-state index is -0.632. The molecule has 0 aliphatic heterocycles. The fourth-order valence-corrected chi connectivity index (χ4v) is 5.62. The summed E-state index contributed by atoms with van der Waals surface area (Å²) in [5.74, 6) is -0.178. The quantitative estimate of drug-likeness (QED) is 0.471. The average Bonchev–Trinajstić information content (AvgIpc) is 2.76. The van der Waals surface area contributed by atoms with Gasteiger partial charge in [-0.3, -0.25) is 0 Å². The first-order chi connectivity index (χ1) is 14.5. The Hall–Kier alpha value is -1.77. The van der Waals surface area contributed by atoms with Crippen LogP contribution in [0.15, 0.2) is 30.3 Å². The average molecular weight is 415 g/mol. The molecule has 0 unspecified atom stereocenters. The molecule has 3 heteroatoms. The Bertz CT molecular complexity index is 872. The molecule has 0 saturated heterocycles. The minimum absolute atomic E-state index is 0.0518. The summed E-state index contributed by atoms with van der Waals surface area (Å²) < 4.78 is 44.1. The highest BCUT2D eigenvalue weighted by molar-refractivity contribution is 5.33. The summed E-state index contributed by atoms with van der Waals surface area (Å²) in [5, 5.41) is 0. The predicted molar refractivity (Wildman–Crippen MR) is 116 cm³/mol. The van der Waals surface area contributed by atoms with Crippen LogP contribution in [-0.2, 0) is 6.42 Å². The van der Waals surface area contributed by atoms with E-state index in [1.807, 2.05) is 31.2 Å². The normalized spacial score (nSPS) is 27.2. The lowest BCUT2D eigenvalue weighted by atomic mass is 9.75. The first kappa shape index (κ1) is 21.5. The molecule has 4 rings (SSSR count). The van der Waals surface area contributed by atoms with Gasteiger partial charge in [0.15, 0.2) is 11.6 Å². The third kappa shape index (κ3) is 4.31. The van der Waals surface area contributed by atoms with Gasteiger partial charge in [0.1, 0.15) is 5.82 Å². The van der Waals surface area contributed by atoms with Crippen molar-refractivity contribution in [3.63, 3.8) is 0 Å². The van der Waals surface area contributed by atoms with Crippen molar-refractivity contribution in [2.24, 2.45) is 5.92 Å². The second-order valence-corrected chi connectivity index (χ2v) is 9.58. The molecule has 30 heavy (non-hydrogen) atoms. The fourth-order valence-electron chi connectivity index (χ4n) is 5.62. The lowest BCUT2D eigenvalue weighted by Gasteiger charge is -2.30. The number of benzene rings is 2. The molecule has 2 aliphatic carbocycles. The van der Waals surface area contributed by atoms with Crippen LogP contribution in [0, 0.1) is 23.4 Å². The zero-order chi connectivity index (χ0) is 21.3. The van der Waals surface area contributed by atoms with Crippen molar-refractivity contribution in [2.75, 3.05) is 0 Å². The molecular weight excluding hydrogens is 381 g/mol. The molecule has 0 heterocycles. The Kier molecular flexibility index (Phi) is 6.55.